The molecule has 0 saturated carbocycles. The van der Waals surface area contributed by atoms with Crippen LogP contribution in [0.15, 0.2) is 18.2 Å². The van der Waals surface area contributed by atoms with Crippen LogP contribution in [0.2, 0.25) is 5.02 Å². The first kappa shape index (κ1) is 13.8. The molecule has 1 aromatic carbocycles. The maximum atomic E-state index is 13.2. The van der Waals surface area contributed by atoms with Gasteiger partial charge in [0.15, 0.2) is 0 Å². The molecule has 2 aliphatic heterocycles. The van der Waals surface area contributed by atoms with Crippen LogP contribution in [-0.2, 0) is 4.79 Å². The predicted molar refractivity (Wildman–Crippen MR) is 74.2 cm³/mol. The Labute approximate surface area is 122 Å². The fourth-order valence-corrected chi connectivity index (χ4v) is 4.03. The number of carbonyl (C=O) groups is 1. The van der Waals surface area contributed by atoms with Crippen molar-refractivity contribution in [2.45, 2.75) is 44.3 Å². The van der Waals surface area contributed by atoms with Gasteiger partial charge >= 0.3 is 5.97 Å². The highest BCUT2D eigenvalue weighted by Crippen LogP contribution is 2.46. The van der Waals surface area contributed by atoms with Crippen LogP contribution in [0, 0.1) is 11.7 Å². The summed E-state index contributed by atoms with van der Waals surface area (Å²) in [6.45, 7) is 2.04. The Balaban J connectivity index is 1.86. The van der Waals surface area contributed by atoms with Gasteiger partial charge in [-0.3, -0.25) is 9.69 Å². The number of hydrogen-bond donors (Lipinski definition) is 1. The van der Waals surface area contributed by atoms with Crippen LogP contribution < -0.4 is 0 Å². The molecule has 20 heavy (non-hydrogen) atoms. The number of hydrogen-bond acceptors (Lipinski definition) is 2. The zero-order valence-electron chi connectivity index (χ0n) is 11.2. The van der Waals surface area contributed by atoms with Crippen molar-refractivity contribution in [2.75, 3.05) is 0 Å². The van der Waals surface area contributed by atoms with Crippen LogP contribution in [0.3, 0.4) is 0 Å². The van der Waals surface area contributed by atoms with E-state index >= 15 is 0 Å². The number of nitrogens with zero attached hydrogens (tertiary/aromatic N) is 1. The van der Waals surface area contributed by atoms with Gasteiger partial charge in [-0.1, -0.05) is 17.7 Å². The van der Waals surface area contributed by atoms with Gasteiger partial charge in [0.1, 0.15) is 5.82 Å². The zero-order chi connectivity index (χ0) is 14.4. The molecule has 0 amide bonds. The fraction of sp³-hybridized carbons (Fsp3) is 0.533. The number of carboxylic acids is 1. The first-order valence-corrected chi connectivity index (χ1v) is 7.32. The summed E-state index contributed by atoms with van der Waals surface area (Å²) in [5.41, 5.74) is 0.944. The van der Waals surface area contributed by atoms with E-state index in [0.29, 0.717) is 6.04 Å². The van der Waals surface area contributed by atoms with Crippen molar-refractivity contribution in [1.29, 1.82) is 0 Å². The first-order valence-electron chi connectivity index (χ1n) is 6.94. The van der Waals surface area contributed by atoms with Crippen molar-refractivity contribution in [3.8, 4) is 0 Å². The molecule has 2 heterocycles. The summed E-state index contributed by atoms with van der Waals surface area (Å²) in [6, 6.07) is 5.24. The van der Waals surface area contributed by atoms with E-state index in [9.17, 15) is 14.3 Å². The quantitative estimate of drug-likeness (QED) is 0.928. The molecule has 0 spiro atoms. The number of halogens is 2. The summed E-state index contributed by atoms with van der Waals surface area (Å²) in [6.07, 6.45) is 2.70. The third-order valence-electron chi connectivity index (χ3n) is 4.78. The highest BCUT2D eigenvalue weighted by Gasteiger charge is 2.50. The molecule has 1 aromatic rings. The summed E-state index contributed by atoms with van der Waals surface area (Å²) >= 11 is 5.84. The van der Waals surface area contributed by atoms with Gasteiger partial charge in [-0.25, -0.2) is 4.39 Å². The summed E-state index contributed by atoms with van der Waals surface area (Å²) in [5, 5.41) is 9.41. The second kappa shape index (κ2) is 5.01. The largest absolute Gasteiger partial charge is 0.481 e. The maximum Gasteiger partial charge on any atom is 0.308 e. The molecule has 1 N–H and O–H groups in total. The predicted octanol–water partition coefficient (Wildman–Crippen LogP) is 3.48. The van der Waals surface area contributed by atoms with Gasteiger partial charge in [0, 0.05) is 18.1 Å². The van der Waals surface area contributed by atoms with E-state index in [-0.39, 0.29) is 23.0 Å². The highest BCUT2D eigenvalue weighted by atomic mass is 35.5. The van der Waals surface area contributed by atoms with E-state index in [2.05, 4.69) is 4.90 Å². The summed E-state index contributed by atoms with van der Waals surface area (Å²) < 4.78 is 13.2. The summed E-state index contributed by atoms with van der Waals surface area (Å²) in [5.74, 6) is -1.39. The van der Waals surface area contributed by atoms with Crippen molar-refractivity contribution in [3.05, 3.63) is 34.6 Å². The molecule has 5 heteroatoms. The second-order valence-electron chi connectivity index (χ2n) is 5.78. The minimum Gasteiger partial charge on any atom is -0.481 e. The van der Waals surface area contributed by atoms with Gasteiger partial charge in [-0.05, 0) is 43.9 Å². The number of fused-ring (bicyclic) bond motifs is 2. The molecule has 0 aliphatic carbocycles. The molecule has 4 atom stereocenters. The minimum atomic E-state index is -0.702. The Hall–Kier alpha value is -1.13. The van der Waals surface area contributed by atoms with Crippen LogP contribution >= 0.6 is 11.6 Å². The monoisotopic (exact) mass is 297 g/mol. The van der Waals surface area contributed by atoms with Crippen LogP contribution in [-0.4, -0.2) is 28.1 Å². The van der Waals surface area contributed by atoms with Gasteiger partial charge in [0.05, 0.1) is 10.9 Å². The smallest absolute Gasteiger partial charge is 0.308 e. The van der Waals surface area contributed by atoms with Crippen molar-refractivity contribution in [1.82, 2.24) is 4.90 Å². The van der Waals surface area contributed by atoms with Crippen molar-refractivity contribution in [3.63, 3.8) is 0 Å². The summed E-state index contributed by atoms with van der Waals surface area (Å²) in [7, 11) is 0. The Bertz CT molecular complexity index is 551. The Kier molecular flexibility index (Phi) is 3.46. The maximum absolute atomic E-state index is 13.2. The van der Waals surface area contributed by atoms with Crippen molar-refractivity contribution >= 4 is 17.6 Å². The van der Waals surface area contributed by atoms with Gasteiger partial charge < -0.3 is 5.11 Å². The SMILES string of the molecule is CC(c1ccc(F)c(Cl)c1)N1C2CCC1C(C(=O)O)C2. The van der Waals surface area contributed by atoms with Gasteiger partial charge in [0.2, 0.25) is 0 Å². The van der Waals surface area contributed by atoms with E-state index in [1.54, 1.807) is 12.1 Å². The zero-order valence-corrected chi connectivity index (χ0v) is 12.0. The molecule has 2 fully saturated rings. The normalized spacial score (nSPS) is 30.6. The van der Waals surface area contributed by atoms with Crippen LogP contribution in [0.4, 0.5) is 4.39 Å². The summed E-state index contributed by atoms with van der Waals surface area (Å²) in [4.78, 5) is 13.6. The molecule has 3 rings (SSSR count). The lowest BCUT2D eigenvalue weighted by Crippen LogP contribution is -2.35. The number of rotatable bonds is 3. The van der Waals surface area contributed by atoms with Crippen LogP contribution in [0.25, 0.3) is 0 Å². The molecule has 0 radical (unpaired) electrons. The fourth-order valence-electron chi connectivity index (χ4n) is 3.84. The Morgan fingerprint density at radius 2 is 2.25 bits per heavy atom. The molecule has 0 aromatic heterocycles. The lowest BCUT2D eigenvalue weighted by molar-refractivity contribution is -0.142. The number of carboxylic acid groups (broad SMARTS) is 1. The topological polar surface area (TPSA) is 40.5 Å². The average molecular weight is 298 g/mol. The van der Waals surface area contributed by atoms with E-state index in [4.69, 9.17) is 11.6 Å². The molecule has 3 nitrogen and oxygen atoms in total. The third kappa shape index (κ3) is 2.11. The molecule has 2 saturated heterocycles. The van der Waals surface area contributed by atoms with Gasteiger partial charge in [-0.15, -0.1) is 0 Å². The standard InChI is InChI=1S/C15H17ClFNO2/c1-8(9-2-4-13(17)12(16)6-9)18-10-3-5-14(18)11(7-10)15(19)20/h2,4,6,8,10-11,14H,3,5,7H2,1H3,(H,19,20). The first-order chi connectivity index (χ1) is 9.49. The van der Waals surface area contributed by atoms with Crippen LogP contribution in [0.1, 0.15) is 37.8 Å². The average Bonchev–Trinajstić information content (AvgIpc) is 2.98. The lowest BCUT2D eigenvalue weighted by atomic mass is 9.89. The van der Waals surface area contributed by atoms with E-state index in [1.165, 1.54) is 6.07 Å². The molecule has 4 unspecified atom stereocenters. The van der Waals surface area contributed by atoms with Crippen molar-refractivity contribution in [2.24, 2.45) is 5.92 Å². The molecular formula is C15H17ClFNO2. The van der Waals surface area contributed by atoms with Crippen molar-refractivity contribution < 1.29 is 14.3 Å². The van der Waals surface area contributed by atoms with E-state index in [1.807, 2.05) is 6.92 Å². The minimum absolute atomic E-state index is 0.0648. The van der Waals surface area contributed by atoms with Crippen LogP contribution in [0.5, 0.6) is 0 Å². The number of benzene rings is 1. The van der Waals surface area contributed by atoms with E-state index in [0.717, 1.165) is 24.8 Å². The Morgan fingerprint density at radius 3 is 2.85 bits per heavy atom. The lowest BCUT2D eigenvalue weighted by Gasteiger charge is -2.30. The number of aliphatic carboxylic acids is 1. The third-order valence-corrected chi connectivity index (χ3v) is 5.07. The highest BCUT2D eigenvalue weighted by molar-refractivity contribution is 6.30. The Morgan fingerprint density at radius 1 is 1.50 bits per heavy atom. The molecular weight excluding hydrogens is 281 g/mol. The molecule has 108 valence electrons. The molecule has 2 aliphatic rings. The van der Waals surface area contributed by atoms with E-state index < -0.39 is 11.8 Å². The van der Waals surface area contributed by atoms with Gasteiger partial charge in [-0.2, -0.15) is 0 Å². The second-order valence-corrected chi connectivity index (χ2v) is 6.18. The van der Waals surface area contributed by atoms with Gasteiger partial charge in [0.25, 0.3) is 0 Å². The molecule has 2 bridgehead atoms.